The van der Waals surface area contributed by atoms with Gasteiger partial charge in [0.15, 0.2) is 0 Å². The fourth-order valence-electron chi connectivity index (χ4n) is 2.64. The zero-order valence-corrected chi connectivity index (χ0v) is 14.0. The number of anilines is 1. The van der Waals surface area contributed by atoms with E-state index in [4.69, 9.17) is 0 Å². The number of unbranched alkanes of at least 4 members (excludes halogenated alkanes) is 1. The van der Waals surface area contributed by atoms with Gasteiger partial charge in [0.1, 0.15) is 0 Å². The third-order valence-corrected chi connectivity index (χ3v) is 3.92. The summed E-state index contributed by atoms with van der Waals surface area (Å²) in [5.74, 6) is 0. The highest BCUT2D eigenvalue weighted by Crippen LogP contribution is 2.13. The first-order valence-corrected chi connectivity index (χ1v) is 8.32. The standard InChI is InChI=1S/C20H28N2/c1-4-5-10-18-11-6-7-12-19(18)15-21-17(3)22-20-13-8-9-16(2)14-20/h6-9,11-14,17,21-22H,4-5,10,15H2,1-3H3. The highest BCUT2D eigenvalue weighted by molar-refractivity contribution is 5.45. The van der Waals surface area contributed by atoms with E-state index in [-0.39, 0.29) is 6.17 Å². The summed E-state index contributed by atoms with van der Waals surface area (Å²) in [4.78, 5) is 0. The van der Waals surface area contributed by atoms with Crippen LogP contribution in [0.1, 0.15) is 43.4 Å². The van der Waals surface area contributed by atoms with Crippen molar-refractivity contribution in [1.82, 2.24) is 5.32 Å². The van der Waals surface area contributed by atoms with Crippen LogP contribution in [-0.2, 0) is 13.0 Å². The molecule has 2 nitrogen and oxygen atoms in total. The second-order valence-corrected chi connectivity index (χ2v) is 5.99. The number of nitrogens with one attached hydrogen (secondary N) is 2. The topological polar surface area (TPSA) is 24.1 Å². The lowest BCUT2D eigenvalue weighted by Crippen LogP contribution is -2.33. The summed E-state index contributed by atoms with van der Waals surface area (Å²) >= 11 is 0. The third-order valence-electron chi connectivity index (χ3n) is 3.92. The van der Waals surface area contributed by atoms with Crippen LogP contribution in [-0.4, -0.2) is 6.17 Å². The van der Waals surface area contributed by atoms with E-state index in [1.807, 2.05) is 0 Å². The molecule has 0 bridgehead atoms. The Kier molecular flexibility index (Phi) is 6.47. The Morgan fingerprint density at radius 3 is 2.50 bits per heavy atom. The van der Waals surface area contributed by atoms with E-state index in [2.05, 4.69) is 79.9 Å². The van der Waals surface area contributed by atoms with Gasteiger partial charge in [-0.1, -0.05) is 49.7 Å². The van der Waals surface area contributed by atoms with Crippen molar-refractivity contribution in [3.8, 4) is 0 Å². The molecule has 0 fully saturated rings. The first-order valence-electron chi connectivity index (χ1n) is 8.32. The van der Waals surface area contributed by atoms with Gasteiger partial charge in [-0.25, -0.2) is 0 Å². The summed E-state index contributed by atoms with van der Waals surface area (Å²) < 4.78 is 0. The van der Waals surface area contributed by atoms with Gasteiger partial charge in [-0.3, -0.25) is 5.32 Å². The van der Waals surface area contributed by atoms with E-state index < -0.39 is 0 Å². The molecule has 0 heterocycles. The van der Waals surface area contributed by atoms with Gasteiger partial charge in [0.05, 0.1) is 6.17 Å². The zero-order valence-electron chi connectivity index (χ0n) is 14.0. The highest BCUT2D eigenvalue weighted by atomic mass is 15.1. The average molecular weight is 296 g/mol. The maximum atomic E-state index is 3.57. The molecule has 2 aromatic carbocycles. The largest absolute Gasteiger partial charge is 0.370 e. The molecule has 0 spiro atoms. The molecule has 2 rings (SSSR count). The summed E-state index contributed by atoms with van der Waals surface area (Å²) in [5, 5.41) is 7.08. The van der Waals surface area contributed by atoms with Crippen molar-refractivity contribution in [1.29, 1.82) is 0 Å². The Bertz CT molecular complexity index is 577. The maximum Gasteiger partial charge on any atom is 0.0741 e. The van der Waals surface area contributed by atoms with Gasteiger partial charge in [-0.15, -0.1) is 0 Å². The molecule has 2 heteroatoms. The SMILES string of the molecule is CCCCc1ccccc1CNC(C)Nc1cccc(C)c1. The normalized spacial score (nSPS) is 12.1. The molecule has 2 aromatic rings. The van der Waals surface area contributed by atoms with Gasteiger partial charge >= 0.3 is 0 Å². The Labute approximate surface area is 135 Å². The van der Waals surface area contributed by atoms with E-state index in [0.717, 1.165) is 6.54 Å². The second-order valence-electron chi connectivity index (χ2n) is 5.99. The van der Waals surface area contributed by atoms with Gasteiger partial charge in [-0.2, -0.15) is 0 Å². The summed E-state index contributed by atoms with van der Waals surface area (Å²) in [5.41, 5.74) is 5.33. The van der Waals surface area contributed by atoms with Gasteiger partial charge in [0.2, 0.25) is 0 Å². The molecule has 2 N–H and O–H groups in total. The molecule has 0 aromatic heterocycles. The van der Waals surface area contributed by atoms with Crippen LogP contribution in [0.25, 0.3) is 0 Å². The molecule has 1 atom stereocenters. The van der Waals surface area contributed by atoms with Crippen LogP contribution in [0.3, 0.4) is 0 Å². The van der Waals surface area contributed by atoms with Crippen LogP contribution in [0, 0.1) is 6.92 Å². The van der Waals surface area contributed by atoms with E-state index in [1.165, 1.54) is 41.6 Å². The number of hydrogen-bond donors (Lipinski definition) is 2. The van der Waals surface area contributed by atoms with Gasteiger partial charge in [0.25, 0.3) is 0 Å². The summed E-state index contributed by atoms with van der Waals surface area (Å²) in [6, 6.07) is 17.3. The second kappa shape index (κ2) is 8.60. The zero-order chi connectivity index (χ0) is 15.8. The first-order chi connectivity index (χ1) is 10.7. The molecule has 22 heavy (non-hydrogen) atoms. The number of benzene rings is 2. The van der Waals surface area contributed by atoms with E-state index in [0.29, 0.717) is 0 Å². The van der Waals surface area contributed by atoms with E-state index >= 15 is 0 Å². The smallest absolute Gasteiger partial charge is 0.0741 e. The Morgan fingerprint density at radius 2 is 1.77 bits per heavy atom. The van der Waals surface area contributed by atoms with Crippen molar-refractivity contribution in [2.75, 3.05) is 5.32 Å². The molecular weight excluding hydrogens is 268 g/mol. The monoisotopic (exact) mass is 296 g/mol. The number of hydrogen-bond acceptors (Lipinski definition) is 2. The lowest BCUT2D eigenvalue weighted by molar-refractivity contribution is 0.596. The summed E-state index contributed by atoms with van der Waals surface area (Å²) in [7, 11) is 0. The van der Waals surface area contributed by atoms with Crippen molar-refractivity contribution in [3.63, 3.8) is 0 Å². The Balaban J connectivity index is 1.89. The molecule has 0 saturated carbocycles. The lowest BCUT2D eigenvalue weighted by atomic mass is 10.0. The molecule has 118 valence electrons. The molecule has 0 aliphatic heterocycles. The molecule has 0 aliphatic carbocycles. The molecule has 0 amide bonds. The first kappa shape index (κ1) is 16.6. The molecule has 1 unspecified atom stereocenters. The fourth-order valence-corrected chi connectivity index (χ4v) is 2.64. The van der Waals surface area contributed by atoms with Crippen molar-refractivity contribution >= 4 is 5.69 Å². The quantitative estimate of drug-likeness (QED) is 0.678. The fraction of sp³-hybridized carbons (Fsp3) is 0.400. The molecule has 0 radical (unpaired) electrons. The van der Waals surface area contributed by atoms with Crippen LogP contribution < -0.4 is 10.6 Å². The van der Waals surface area contributed by atoms with E-state index in [1.54, 1.807) is 0 Å². The van der Waals surface area contributed by atoms with Crippen molar-refractivity contribution < 1.29 is 0 Å². The van der Waals surface area contributed by atoms with Crippen molar-refractivity contribution in [2.45, 2.75) is 52.7 Å². The predicted molar refractivity (Wildman–Crippen MR) is 96.2 cm³/mol. The van der Waals surface area contributed by atoms with E-state index in [9.17, 15) is 0 Å². The minimum absolute atomic E-state index is 0.237. The lowest BCUT2D eigenvalue weighted by Gasteiger charge is -2.18. The van der Waals surface area contributed by atoms with Gasteiger partial charge < -0.3 is 5.32 Å². The van der Waals surface area contributed by atoms with Crippen LogP contribution in [0.15, 0.2) is 48.5 Å². The molecule has 0 saturated heterocycles. The summed E-state index contributed by atoms with van der Waals surface area (Å²) in [6.07, 6.45) is 3.91. The van der Waals surface area contributed by atoms with Crippen molar-refractivity contribution in [2.24, 2.45) is 0 Å². The minimum Gasteiger partial charge on any atom is -0.370 e. The average Bonchev–Trinajstić information content (AvgIpc) is 2.51. The van der Waals surface area contributed by atoms with Crippen LogP contribution >= 0.6 is 0 Å². The Morgan fingerprint density at radius 1 is 1.00 bits per heavy atom. The van der Waals surface area contributed by atoms with Crippen LogP contribution in [0.4, 0.5) is 5.69 Å². The molecular formula is C20H28N2. The number of rotatable bonds is 8. The highest BCUT2D eigenvalue weighted by Gasteiger charge is 2.05. The molecule has 0 aliphatic rings. The predicted octanol–water partition coefficient (Wildman–Crippen LogP) is 4.89. The van der Waals surface area contributed by atoms with Crippen LogP contribution in [0.2, 0.25) is 0 Å². The van der Waals surface area contributed by atoms with Gasteiger partial charge in [-0.05, 0) is 55.5 Å². The van der Waals surface area contributed by atoms with Gasteiger partial charge in [0, 0.05) is 12.2 Å². The van der Waals surface area contributed by atoms with Crippen molar-refractivity contribution in [3.05, 3.63) is 65.2 Å². The summed E-state index contributed by atoms with van der Waals surface area (Å²) in [6.45, 7) is 7.43. The minimum atomic E-state index is 0.237. The maximum absolute atomic E-state index is 3.57. The Hall–Kier alpha value is -1.80. The third kappa shape index (κ3) is 5.19. The van der Waals surface area contributed by atoms with Crippen LogP contribution in [0.5, 0.6) is 0 Å². The number of aryl methyl sites for hydroxylation is 2.